The summed E-state index contributed by atoms with van der Waals surface area (Å²) in [6.45, 7) is 0.662. The zero-order valence-electron chi connectivity index (χ0n) is 13.8. The lowest BCUT2D eigenvalue weighted by Gasteiger charge is -2.42. The second-order valence-electron chi connectivity index (χ2n) is 6.57. The van der Waals surface area contributed by atoms with Gasteiger partial charge in [-0.3, -0.25) is 9.59 Å². The second kappa shape index (κ2) is 7.43. The van der Waals surface area contributed by atoms with Gasteiger partial charge >= 0.3 is 0 Å². The molecule has 1 fully saturated rings. The van der Waals surface area contributed by atoms with Gasteiger partial charge in [-0.25, -0.2) is 0 Å². The summed E-state index contributed by atoms with van der Waals surface area (Å²) in [7, 11) is 0. The predicted octanol–water partition coefficient (Wildman–Crippen LogP) is 3.89. The van der Waals surface area contributed by atoms with E-state index in [1.54, 1.807) is 12.1 Å². The maximum atomic E-state index is 12.1. The van der Waals surface area contributed by atoms with E-state index in [4.69, 9.17) is 0 Å². The number of hydrogen-bond donors (Lipinski definition) is 1. The van der Waals surface area contributed by atoms with Gasteiger partial charge in [-0.2, -0.15) is 0 Å². The lowest BCUT2D eigenvalue weighted by Crippen LogP contribution is -2.45. The first-order valence-corrected chi connectivity index (χ1v) is 8.60. The van der Waals surface area contributed by atoms with E-state index in [2.05, 4.69) is 29.6 Å². The summed E-state index contributed by atoms with van der Waals surface area (Å²) in [4.78, 5) is 24.2. The van der Waals surface area contributed by atoms with Gasteiger partial charge < -0.3 is 5.32 Å². The number of amides is 1. The number of nitrogens with one attached hydrogen (secondary N) is 1. The van der Waals surface area contributed by atoms with Crippen molar-refractivity contribution < 1.29 is 9.59 Å². The molecule has 0 atom stereocenters. The van der Waals surface area contributed by atoms with E-state index in [0.717, 1.165) is 12.8 Å². The molecule has 1 aliphatic carbocycles. The minimum absolute atomic E-state index is 0.0205. The monoisotopic (exact) mass is 321 g/mol. The molecule has 0 bridgehead atoms. The van der Waals surface area contributed by atoms with Crippen LogP contribution in [0.5, 0.6) is 0 Å². The van der Waals surface area contributed by atoms with Gasteiger partial charge in [0.25, 0.3) is 0 Å². The Morgan fingerprint density at radius 2 is 1.50 bits per heavy atom. The number of Topliss-reactive ketones (excluding diaryl/α,β-unsaturated/α-hetero) is 1. The zero-order valence-corrected chi connectivity index (χ0v) is 13.8. The van der Waals surface area contributed by atoms with E-state index in [1.165, 1.54) is 12.0 Å². The Bertz CT molecular complexity index is 690. The molecular formula is C21H23NO2. The normalized spacial score (nSPS) is 15.3. The molecule has 0 unspecified atom stereocenters. The summed E-state index contributed by atoms with van der Waals surface area (Å²) in [5.41, 5.74) is 2.06. The Labute approximate surface area is 143 Å². The standard InChI is InChI=1S/C21H23NO2/c23-19(17-8-3-1-4-9-17)12-13-20(24)22-16-21(14-7-15-21)18-10-5-2-6-11-18/h1-6,8-11H,7,12-16H2,(H,22,24). The quantitative estimate of drug-likeness (QED) is 0.787. The molecule has 2 aromatic rings. The van der Waals surface area contributed by atoms with Crippen molar-refractivity contribution in [3.63, 3.8) is 0 Å². The van der Waals surface area contributed by atoms with E-state index in [-0.39, 0.29) is 29.9 Å². The average molecular weight is 321 g/mol. The molecule has 0 saturated heterocycles. The molecule has 1 aliphatic rings. The van der Waals surface area contributed by atoms with Crippen molar-refractivity contribution in [1.82, 2.24) is 5.32 Å². The van der Waals surface area contributed by atoms with Crippen molar-refractivity contribution in [3.8, 4) is 0 Å². The molecule has 0 aromatic heterocycles. The molecule has 3 nitrogen and oxygen atoms in total. The van der Waals surface area contributed by atoms with Crippen molar-refractivity contribution in [2.24, 2.45) is 0 Å². The number of hydrogen-bond acceptors (Lipinski definition) is 2. The van der Waals surface area contributed by atoms with Gasteiger partial charge in [0.15, 0.2) is 5.78 Å². The van der Waals surface area contributed by atoms with Crippen LogP contribution in [0.2, 0.25) is 0 Å². The molecule has 1 saturated carbocycles. The molecule has 0 radical (unpaired) electrons. The minimum Gasteiger partial charge on any atom is -0.355 e. The highest BCUT2D eigenvalue weighted by Crippen LogP contribution is 2.43. The fraction of sp³-hybridized carbons (Fsp3) is 0.333. The van der Waals surface area contributed by atoms with Crippen LogP contribution in [-0.2, 0) is 10.2 Å². The highest BCUT2D eigenvalue weighted by Gasteiger charge is 2.38. The van der Waals surface area contributed by atoms with Gasteiger partial charge in [-0.05, 0) is 18.4 Å². The van der Waals surface area contributed by atoms with Crippen LogP contribution in [0.25, 0.3) is 0 Å². The van der Waals surface area contributed by atoms with Gasteiger partial charge in [0, 0.05) is 30.4 Å². The van der Waals surface area contributed by atoms with Crippen LogP contribution in [0.3, 0.4) is 0 Å². The lowest BCUT2D eigenvalue weighted by molar-refractivity contribution is -0.121. The summed E-state index contributed by atoms with van der Waals surface area (Å²) in [6.07, 6.45) is 3.94. The topological polar surface area (TPSA) is 46.2 Å². The van der Waals surface area contributed by atoms with Crippen LogP contribution < -0.4 is 5.32 Å². The average Bonchev–Trinajstić information content (AvgIpc) is 2.60. The molecule has 0 aliphatic heterocycles. The first kappa shape index (κ1) is 16.4. The highest BCUT2D eigenvalue weighted by atomic mass is 16.2. The highest BCUT2D eigenvalue weighted by molar-refractivity contribution is 5.97. The Morgan fingerprint density at radius 3 is 2.08 bits per heavy atom. The van der Waals surface area contributed by atoms with Gasteiger partial charge in [0.1, 0.15) is 0 Å². The second-order valence-corrected chi connectivity index (χ2v) is 6.57. The SMILES string of the molecule is O=C(CCC(=O)c1ccccc1)NCC1(c2ccccc2)CCC1. The molecule has 2 aromatic carbocycles. The number of carbonyl (C=O) groups is 2. The molecule has 24 heavy (non-hydrogen) atoms. The Morgan fingerprint density at radius 1 is 0.875 bits per heavy atom. The summed E-state index contributed by atoms with van der Waals surface area (Å²) in [6, 6.07) is 19.5. The van der Waals surface area contributed by atoms with Crippen molar-refractivity contribution >= 4 is 11.7 Å². The van der Waals surface area contributed by atoms with Crippen LogP contribution in [0.4, 0.5) is 0 Å². The fourth-order valence-electron chi connectivity index (χ4n) is 3.31. The molecular weight excluding hydrogens is 298 g/mol. The fourth-order valence-corrected chi connectivity index (χ4v) is 3.31. The molecule has 3 rings (SSSR count). The van der Waals surface area contributed by atoms with Crippen LogP contribution in [-0.4, -0.2) is 18.2 Å². The van der Waals surface area contributed by atoms with E-state index in [9.17, 15) is 9.59 Å². The van der Waals surface area contributed by atoms with Crippen molar-refractivity contribution in [2.45, 2.75) is 37.5 Å². The number of rotatable bonds is 7. The molecule has 0 spiro atoms. The maximum absolute atomic E-state index is 12.1. The van der Waals surface area contributed by atoms with Gasteiger partial charge in [0.05, 0.1) is 0 Å². The molecule has 3 heteroatoms. The van der Waals surface area contributed by atoms with Crippen molar-refractivity contribution in [2.75, 3.05) is 6.54 Å². The number of benzene rings is 2. The first-order valence-electron chi connectivity index (χ1n) is 8.60. The van der Waals surface area contributed by atoms with E-state index < -0.39 is 0 Å². The predicted molar refractivity (Wildman–Crippen MR) is 95.0 cm³/mol. The summed E-state index contributed by atoms with van der Waals surface area (Å²) in [5.74, 6) is -0.0198. The summed E-state index contributed by atoms with van der Waals surface area (Å²) < 4.78 is 0. The van der Waals surface area contributed by atoms with E-state index in [0.29, 0.717) is 12.1 Å². The lowest BCUT2D eigenvalue weighted by atomic mass is 9.64. The molecule has 124 valence electrons. The Hall–Kier alpha value is -2.42. The van der Waals surface area contributed by atoms with Gasteiger partial charge in [-0.15, -0.1) is 0 Å². The van der Waals surface area contributed by atoms with E-state index >= 15 is 0 Å². The molecule has 1 N–H and O–H groups in total. The third-order valence-electron chi connectivity index (χ3n) is 5.00. The molecule has 0 heterocycles. The van der Waals surface area contributed by atoms with Crippen LogP contribution >= 0.6 is 0 Å². The first-order chi connectivity index (χ1) is 11.7. The smallest absolute Gasteiger partial charge is 0.220 e. The van der Waals surface area contributed by atoms with Crippen LogP contribution in [0, 0.1) is 0 Å². The third kappa shape index (κ3) is 3.73. The molecule has 1 amide bonds. The Kier molecular flexibility index (Phi) is 5.09. The minimum atomic E-state index is -0.0403. The summed E-state index contributed by atoms with van der Waals surface area (Å²) in [5, 5.41) is 3.04. The van der Waals surface area contributed by atoms with Crippen molar-refractivity contribution in [3.05, 3.63) is 71.8 Å². The number of carbonyl (C=O) groups excluding carboxylic acids is 2. The third-order valence-corrected chi connectivity index (χ3v) is 5.00. The van der Waals surface area contributed by atoms with Crippen LogP contribution in [0.1, 0.15) is 48.0 Å². The number of ketones is 1. The van der Waals surface area contributed by atoms with Gasteiger partial charge in [-0.1, -0.05) is 67.1 Å². The zero-order chi connectivity index (χ0) is 16.8. The Balaban J connectivity index is 1.50. The van der Waals surface area contributed by atoms with Gasteiger partial charge in [0.2, 0.25) is 5.91 Å². The van der Waals surface area contributed by atoms with Crippen LogP contribution in [0.15, 0.2) is 60.7 Å². The van der Waals surface area contributed by atoms with E-state index in [1.807, 2.05) is 24.3 Å². The largest absolute Gasteiger partial charge is 0.355 e. The summed E-state index contributed by atoms with van der Waals surface area (Å²) >= 11 is 0. The van der Waals surface area contributed by atoms with Crippen molar-refractivity contribution in [1.29, 1.82) is 0 Å². The maximum Gasteiger partial charge on any atom is 0.220 e.